The van der Waals surface area contributed by atoms with Gasteiger partial charge in [-0.2, -0.15) is 4.31 Å². The first-order valence-corrected chi connectivity index (χ1v) is 8.86. The van der Waals surface area contributed by atoms with Crippen LogP contribution in [-0.4, -0.2) is 51.1 Å². The maximum absolute atomic E-state index is 12.5. The molecule has 0 aromatic heterocycles. The third kappa shape index (κ3) is 6.19. The number of nitrogens with one attached hydrogen (secondary N) is 1. The Bertz CT molecular complexity index is 392. The Hall–Kier alpha value is -0.660. The normalized spacial score (nSPS) is 17.5. The Morgan fingerprint density at radius 3 is 2.50 bits per heavy atom. The van der Waals surface area contributed by atoms with E-state index in [-0.39, 0.29) is 30.5 Å². The smallest absolute Gasteiger partial charge is 0.214 e. The number of nitrogens with two attached hydrogens (primary N) is 1. The minimum absolute atomic E-state index is 0.0142. The van der Waals surface area contributed by atoms with E-state index in [1.807, 2.05) is 0 Å². The van der Waals surface area contributed by atoms with E-state index < -0.39 is 10.0 Å². The number of ether oxygens (including phenoxy) is 1. The van der Waals surface area contributed by atoms with Crippen LogP contribution in [0.1, 0.15) is 38.5 Å². The lowest BCUT2D eigenvalue weighted by Gasteiger charge is -2.26. The number of nitrogens with zero attached hydrogens (tertiary/aromatic N) is 1. The number of hydrogen-bond acceptors (Lipinski definition) is 4. The summed E-state index contributed by atoms with van der Waals surface area (Å²) in [4.78, 5) is 0. The standard InChI is InChI=1S/C13H27N3O3S/c1-19-10-9-16(8-7-13(14)15)20(17,18)11-12-5-3-2-4-6-12/h12H,2-11H2,1H3,(H3,14,15). The highest BCUT2D eigenvalue weighted by molar-refractivity contribution is 7.89. The number of amidine groups is 1. The Morgan fingerprint density at radius 1 is 1.30 bits per heavy atom. The van der Waals surface area contributed by atoms with E-state index in [1.165, 1.54) is 10.7 Å². The van der Waals surface area contributed by atoms with Gasteiger partial charge in [0.15, 0.2) is 0 Å². The molecule has 0 amide bonds. The van der Waals surface area contributed by atoms with Crippen molar-refractivity contribution in [3.8, 4) is 0 Å². The summed E-state index contributed by atoms with van der Waals surface area (Å²) in [6.07, 6.45) is 5.76. The second-order valence-corrected chi connectivity index (χ2v) is 7.46. The quantitative estimate of drug-likeness (QED) is 0.493. The monoisotopic (exact) mass is 305 g/mol. The molecule has 0 aromatic carbocycles. The lowest BCUT2D eigenvalue weighted by Crippen LogP contribution is -2.39. The number of hydrogen-bond donors (Lipinski definition) is 2. The molecule has 0 aliphatic heterocycles. The van der Waals surface area contributed by atoms with E-state index in [4.69, 9.17) is 15.9 Å². The van der Waals surface area contributed by atoms with Crippen molar-refractivity contribution in [3.63, 3.8) is 0 Å². The first-order valence-electron chi connectivity index (χ1n) is 7.25. The van der Waals surface area contributed by atoms with E-state index in [1.54, 1.807) is 7.11 Å². The van der Waals surface area contributed by atoms with Crippen LogP contribution in [0.5, 0.6) is 0 Å². The molecule has 1 aliphatic rings. The molecule has 3 N–H and O–H groups in total. The van der Waals surface area contributed by atoms with Crippen molar-refractivity contribution in [2.24, 2.45) is 11.7 Å². The van der Waals surface area contributed by atoms with Crippen LogP contribution in [0.25, 0.3) is 0 Å². The SMILES string of the molecule is COCCN(CCC(=N)N)S(=O)(=O)CC1CCCCC1. The topological polar surface area (TPSA) is 96.5 Å². The molecule has 1 rings (SSSR count). The summed E-state index contributed by atoms with van der Waals surface area (Å²) in [5.41, 5.74) is 5.33. The van der Waals surface area contributed by atoms with Gasteiger partial charge >= 0.3 is 0 Å². The summed E-state index contributed by atoms with van der Waals surface area (Å²) in [5, 5.41) is 7.25. The lowest BCUT2D eigenvalue weighted by molar-refractivity contribution is 0.179. The van der Waals surface area contributed by atoms with Crippen molar-refractivity contribution in [1.82, 2.24) is 4.31 Å². The van der Waals surface area contributed by atoms with Crippen molar-refractivity contribution in [2.75, 3.05) is 32.6 Å². The molecule has 0 saturated heterocycles. The fraction of sp³-hybridized carbons (Fsp3) is 0.923. The van der Waals surface area contributed by atoms with Crippen LogP contribution in [0.4, 0.5) is 0 Å². The summed E-state index contributed by atoms with van der Waals surface area (Å²) in [6, 6.07) is 0. The molecular formula is C13H27N3O3S. The van der Waals surface area contributed by atoms with Gasteiger partial charge in [0.25, 0.3) is 0 Å². The van der Waals surface area contributed by atoms with Gasteiger partial charge in [-0.25, -0.2) is 8.42 Å². The molecule has 0 unspecified atom stereocenters. The number of methoxy groups -OCH3 is 1. The van der Waals surface area contributed by atoms with Crippen LogP contribution in [0.3, 0.4) is 0 Å². The van der Waals surface area contributed by atoms with Crippen LogP contribution in [0, 0.1) is 11.3 Å². The Kier molecular flexibility index (Phi) is 7.47. The van der Waals surface area contributed by atoms with E-state index in [0.29, 0.717) is 13.2 Å². The van der Waals surface area contributed by atoms with E-state index >= 15 is 0 Å². The molecule has 20 heavy (non-hydrogen) atoms. The third-order valence-electron chi connectivity index (χ3n) is 3.74. The fourth-order valence-electron chi connectivity index (χ4n) is 2.59. The summed E-state index contributed by atoms with van der Waals surface area (Å²) in [6.45, 7) is 0.967. The molecule has 1 saturated carbocycles. The van der Waals surface area contributed by atoms with Gasteiger partial charge in [0.1, 0.15) is 0 Å². The van der Waals surface area contributed by atoms with Crippen LogP contribution in [-0.2, 0) is 14.8 Å². The van der Waals surface area contributed by atoms with Crippen molar-refractivity contribution >= 4 is 15.9 Å². The van der Waals surface area contributed by atoms with Crippen LogP contribution < -0.4 is 5.73 Å². The molecule has 7 heteroatoms. The molecule has 0 spiro atoms. The molecule has 6 nitrogen and oxygen atoms in total. The van der Waals surface area contributed by atoms with Gasteiger partial charge in [-0.3, -0.25) is 5.41 Å². The second-order valence-electron chi connectivity index (χ2n) is 5.45. The molecule has 0 heterocycles. The molecule has 0 radical (unpaired) electrons. The van der Waals surface area contributed by atoms with Gasteiger partial charge in [0.05, 0.1) is 18.2 Å². The van der Waals surface area contributed by atoms with E-state index in [2.05, 4.69) is 0 Å². The van der Waals surface area contributed by atoms with Gasteiger partial charge in [-0.05, 0) is 18.8 Å². The molecule has 0 aromatic rings. The average molecular weight is 305 g/mol. The predicted octanol–water partition coefficient (Wildman–Crippen LogP) is 1.17. The summed E-state index contributed by atoms with van der Waals surface area (Å²) < 4.78 is 31.3. The highest BCUT2D eigenvalue weighted by Crippen LogP contribution is 2.25. The van der Waals surface area contributed by atoms with Crippen molar-refractivity contribution < 1.29 is 13.2 Å². The van der Waals surface area contributed by atoms with Gasteiger partial charge in [-0.15, -0.1) is 0 Å². The van der Waals surface area contributed by atoms with Crippen LogP contribution >= 0.6 is 0 Å². The van der Waals surface area contributed by atoms with E-state index in [0.717, 1.165) is 25.7 Å². The van der Waals surface area contributed by atoms with E-state index in [9.17, 15) is 8.42 Å². The first kappa shape index (κ1) is 17.4. The lowest BCUT2D eigenvalue weighted by atomic mass is 9.91. The first-order chi connectivity index (χ1) is 9.45. The number of sulfonamides is 1. The summed E-state index contributed by atoms with van der Waals surface area (Å²) in [7, 11) is -1.74. The summed E-state index contributed by atoms with van der Waals surface area (Å²) in [5.74, 6) is 0.505. The zero-order valence-electron chi connectivity index (χ0n) is 12.3. The van der Waals surface area contributed by atoms with Crippen LogP contribution in [0.15, 0.2) is 0 Å². The Morgan fingerprint density at radius 2 is 1.95 bits per heavy atom. The van der Waals surface area contributed by atoms with Gasteiger partial charge in [0.2, 0.25) is 10.0 Å². The minimum Gasteiger partial charge on any atom is -0.388 e. The fourth-order valence-corrected chi connectivity index (χ4v) is 4.45. The van der Waals surface area contributed by atoms with Crippen LogP contribution in [0.2, 0.25) is 0 Å². The zero-order valence-corrected chi connectivity index (χ0v) is 13.1. The average Bonchev–Trinajstić information content (AvgIpc) is 2.38. The summed E-state index contributed by atoms with van der Waals surface area (Å²) >= 11 is 0. The van der Waals surface area contributed by atoms with Gasteiger partial charge in [0, 0.05) is 26.6 Å². The zero-order chi connectivity index (χ0) is 15.0. The van der Waals surface area contributed by atoms with Crippen molar-refractivity contribution in [1.29, 1.82) is 5.41 Å². The van der Waals surface area contributed by atoms with Gasteiger partial charge in [-0.1, -0.05) is 19.3 Å². The van der Waals surface area contributed by atoms with Crippen molar-refractivity contribution in [2.45, 2.75) is 38.5 Å². The molecule has 1 aliphatic carbocycles. The Balaban J connectivity index is 2.61. The second kappa shape index (κ2) is 8.59. The third-order valence-corrected chi connectivity index (χ3v) is 5.78. The molecular weight excluding hydrogens is 278 g/mol. The molecule has 0 bridgehead atoms. The predicted molar refractivity (Wildman–Crippen MR) is 80.3 cm³/mol. The molecule has 0 atom stereocenters. The molecule has 1 fully saturated rings. The maximum Gasteiger partial charge on any atom is 0.214 e. The van der Waals surface area contributed by atoms with Gasteiger partial charge < -0.3 is 10.5 Å². The maximum atomic E-state index is 12.5. The number of rotatable bonds is 9. The Labute approximate surface area is 122 Å². The minimum atomic E-state index is -3.29. The highest BCUT2D eigenvalue weighted by Gasteiger charge is 2.26. The van der Waals surface area contributed by atoms with Crippen molar-refractivity contribution in [3.05, 3.63) is 0 Å². The molecule has 118 valence electrons. The highest BCUT2D eigenvalue weighted by atomic mass is 32.2. The largest absolute Gasteiger partial charge is 0.388 e.